The van der Waals surface area contributed by atoms with E-state index in [4.69, 9.17) is 11.6 Å². The van der Waals surface area contributed by atoms with Gasteiger partial charge in [-0.05, 0) is 19.1 Å². The number of hydrogen-bond acceptors (Lipinski definition) is 4. The van der Waals surface area contributed by atoms with Crippen molar-refractivity contribution in [2.24, 2.45) is 0 Å². The molecule has 0 amide bonds. The molecule has 1 aliphatic rings. The SMILES string of the molecule is CCN1C=C(C(=O)OC)S(=O)c2cc(F)c(Cl)cc21. The first-order valence-corrected chi connectivity index (χ1v) is 7.00. The van der Waals surface area contributed by atoms with E-state index < -0.39 is 22.6 Å². The van der Waals surface area contributed by atoms with E-state index in [-0.39, 0.29) is 14.8 Å². The molecular weight excluding hydrogens is 293 g/mol. The number of nitrogens with zero attached hydrogens (tertiary/aromatic N) is 1. The monoisotopic (exact) mass is 303 g/mol. The number of hydrogen-bond donors (Lipinski definition) is 0. The third-order valence-corrected chi connectivity index (χ3v) is 4.40. The number of rotatable bonds is 2. The zero-order valence-electron chi connectivity index (χ0n) is 10.3. The van der Waals surface area contributed by atoms with E-state index in [0.717, 1.165) is 6.07 Å². The zero-order valence-corrected chi connectivity index (χ0v) is 11.8. The Bertz CT molecular complexity index is 603. The van der Waals surface area contributed by atoms with Gasteiger partial charge in [-0.2, -0.15) is 0 Å². The van der Waals surface area contributed by atoms with Crippen LogP contribution in [0, 0.1) is 5.82 Å². The maximum atomic E-state index is 13.5. The smallest absolute Gasteiger partial charge is 0.348 e. The molecule has 102 valence electrons. The summed E-state index contributed by atoms with van der Waals surface area (Å²) >= 11 is 5.73. The summed E-state index contributed by atoms with van der Waals surface area (Å²) in [7, 11) is -0.574. The molecule has 1 aromatic rings. The minimum atomic E-state index is -1.78. The molecule has 1 aromatic carbocycles. The van der Waals surface area contributed by atoms with Crippen LogP contribution in [-0.2, 0) is 20.3 Å². The van der Waals surface area contributed by atoms with Crippen molar-refractivity contribution in [3.8, 4) is 0 Å². The lowest BCUT2D eigenvalue weighted by Gasteiger charge is -2.27. The van der Waals surface area contributed by atoms with Gasteiger partial charge in [0.15, 0.2) is 0 Å². The summed E-state index contributed by atoms with van der Waals surface area (Å²) in [4.78, 5) is 13.4. The molecule has 7 heteroatoms. The number of carbonyl (C=O) groups is 1. The summed E-state index contributed by atoms with van der Waals surface area (Å²) in [6.45, 7) is 2.37. The summed E-state index contributed by atoms with van der Waals surface area (Å²) in [6.07, 6.45) is 1.44. The molecule has 19 heavy (non-hydrogen) atoms. The highest BCUT2D eigenvalue weighted by Gasteiger charge is 2.29. The van der Waals surface area contributed by atoms with Crippen molar-refractivity contribution in [3.63, 3.8) is 0 Å². The zero-order chi connectivity index (χ0) is 14.2. The number of fused-ring (bicyclic) bond motifs is 1. The minimum absolute atomic E-state index is 0.0152. The van der Waals surface area contributed by atoms with E-state index in [1.54, 1.807) is 4.90 Å². The Morgan fingerprint density at radius 3 is 2.79 bits per heavy atom. The van der Waals surface area contributed by atoms with Crippen LogP contribution in [0.3, 0.4) is 0 Å². The molecule has 1 atom stereocenters. The molecule has 0 spiro atoms. The number of halogens is 2. The predicted molar refractivity (Wildman–Crippen MR) is 70.9 cm³/mol. The van der Waals surface area contributed by atoms with Gasteiger partial charge in [-0.25, -0.2) is 13.4 Å². The number of esters is 1. The lowest BCUT2D eigenvalue weighted by Crippen LogP contribution is -2.26. The standard InChI is InChI=1S/C12H11ClFNO3S/c1-3-15-6-11(12(16)18-2)19(17)10-5-8(14)7(13)4-9(10)15/h4-6H,3H2,1-2H3. The van der Waals surface area contributed by atoms with Crippen LogP contribution in [0.5, 0.6) is 0 Å². The first-order chi connectivity index (χ1) is 8.99. The fraction of sp³-hybridized carbons (Fsp3) is 0.250. The van der Waals surface area contributed by atoms with Crippen LogP contribution in [0.2, 0.25) is 5.02 Å². The Morgan fingerprint density at radius 1 is 1.53 bits per heavy atom. The van der Waals surface area contributed by atoms with Gasteiger partial charge in [0.25, 0.3) is 0 Å². The van der Waals surface area contributed by atoms with Gasteiger partial charge in [0.2, 0.25) is 0 Å². The van der Waals surface area contributed by atoms with Crippen molar-refractivity contribution in [3.05, 3.63) is 34.1 Å². The number of anilines is 1. The molecule has 0 fully saturated rings. The van der Waals surface area contributed by atoms with Crippen LogP contribution in [0.25, 0.3) is 0 Å². The highest BCUT2D eigenvalue weighted by atomic mass is 35.5. The Hall–Kier alpha value is -1.40. The van der Waals surface area contributed by atoms with E-state index >= 15 is 0 Å². The Morgan fingerprint density at radius 2 is 2.21 bits per heavy atom. The molecule has 0 aromatic heterocycles. The highest BCUT2D eigenvalue weighted by Crippen LogP contribution is 2.36. The highest BCUT2D eigenvalue weighted by molar-refractivity contribution is 7.90. The maximum absolute atomic E-state index is 13.5. The number of methoxy groups -OCH3 is 1. The average Bonchev–Trinajstić information content (AvgIpc) is 2.41. The summed E-state index contributed by atoms with van der Waals surface area (Å²) in [5.41, 5.74) is 0.528. The average molecular weight is 304 g/mol. The summed E-state index contributed by atoms with van der Waals surface area (Å²) in [5, 5.41) is -0.0517. The molecule has 0 radical (unpaired) electrons. The second kappa shape index (κ2) is 5.30. The summed E-state index contributed by atoms with van der Waals surface area (Å²) in [6, 6.07) is 2.49. The van der Waals surface area contributed by atoms with Gasteiger partial charge < -0.3 is 9.64 Å². The van der Waals surface area contributed by atoms with Crippen molar-refractivity contribution < 1.29 is 18.1 Å². The second-order valence-corrected chi connectivity index (χ2v) is 5.60. The van der Waals surface area contributed by atoms with Gasteiger partial charge in [0.1, 0.15) is 10.7 Å². The predicted octanol–water partition coefficient (Wildman–Crippen LogP) is 2.44. The number of carbonyl (C=O) groups excluding carboxylic acids is 1. The minimum Gasteiger partial charge on any atom is -0.465 e. The Balaban J connectivity index is 2.60. The van der Waals surface area contributed by atoms with Crippen LogP contribution >= 0.6 is 11.6 Å². The molecular formula is C12H11ClFNO3S. The summed E-state index contributed by atoms with van der Waals surface area (Å²) in [5.74, 6) is -1.37. The maximum Gasteiger partial charge on any atom is 0.348 e. The van der Waals surface area contributed by atoms with Gasteiger partial charge >= 0.3 is 5.97 Å². The third kappa shape index (κ3) is 2.37. The van der Waals surface area contributed by atoms with E-state index in [0.29, 0.717) is 12.2 Å². The van der Waals surface area contributed by atoms with Crippen LogP contribution in [0.15, 0.2) is 28.1 Å². The fourth-order valence-corrected chi connectivity index (χ4v) is 3.19. The lowest BCUT2D eigenvalue weighted by atomic mass is 10.2. The van der Waals surface area contributed by atoms with Crippen molar-refractivity contribution in [2.75, 3.05) is 18.6 Å². The van der Waals surface area contributed by atoms with Crippen LogP contribution in [0.4, 0.5) is 10.1 Å². The van der Waals surface area contributed by atoms with Gasteiger partial charge in [0.05, 0.1) is 33.5 Å². The van der Waals surface area contributed by atoms with Gasteiger partial charge in [-0.1, -0.05) is 11.6 Å². The van der Waals surface area contributed by atoms with Crippen molar-refractivity contribution in [1.29, 1.82) is 0 Å². The van der Waals surface area contributed by atoms with Gasteiger partial charge in [0, 0.05) is 12.7 Å². The lowest BCUT2D eigenvalue weighted by molar-refractivity contribution is -0.135. The fourth-order valence-electron chi connectivity index (χ4n) is 1.76. The molecule has 1 aliphatic heterocycles. The molecule has 4 nitrogen and oxygen atoms in total. The van der Waals surface area contributed by atoms with E-state index in [1.165, 1.54) is 19.4 Å². The molecule has 0 aliphatic carbocycles. The quantitative estimate of drug-likeness (QED) is 0.787. The van der Waals surface area contributed by atoms with Crippen molar-refractivity contribution in [1.82, 2.24) is 0 Å². The molecule has 0 saturated heterocycles. The summed E-state index contributed by atoms with van der Waals surface area (Å²) < 4.78 is 30.3. The first kappa shape index (κ1) is 14.0. The molecule has 2 rings (SSSR count). The number of ether oxygens (including phenoxy) is 1. The Kier molecular flexibility index (Phi) is 3.91. The van der Waals surface area contributed by atoms with E-state index in [9.17, 15) is 13.4 Å². The van der Waals surface area contributed by atoms with Crippen LogP contribution < -0.4 is 4.90 Å². The van der Waals surface area contributed by atoms with Crippen LogP contribution in [-0.4, -0.2) is 23.8 Å². The van der Waals surface area contributed by atoms with Gasteiger partial charge in [-0.15, -0.1) is 0 Å². The van der Waals surface area contributed by atoms with Crippen molar-refractivity contribution >= 4 is 34.1 Å². The number of benzene rings is 1. The largest absolute Gasteiger partial charge is 0.465 e. The van der Waals surface area contributed by atoms with E-state index in [2.05, 4.69) is 4.74 Å². The van der Waals surface area contributed by atoms with Crippen LogP contribution in [0.1, 0.15) is 6.92 Å². The van der Waals surface area contributed by atoms with E-state index in [1.807, 2.05) is 6.92 Å². The second-order valence-electron chi connectivity index (χ2n) is 3.77. The molecule has 0 N–H and O–H groups in total. The molecule has 1 heterocycles. The molecule has 0 bridgehead atoms. The first-order valence-electron chi connectivity index (χ1n) is 5.47. The van der Waals surface area contributed by atoms with Crippen molar-refractivity contribution in [2.45, 2.75) is 11.8 Å². The normalized spacial score (nSPS) is 17.8. The Labute approximate surface area is 117 Å². The molecule has 0 saturated carbocycles. The van der Waals surface area contributed by atoms with Gasteiger partial charge in [-0.3, -0.25) is 0 Å². The third-order valence-electron chi connectivity index (χ3n) is 2.71. The topological polar surface area (TPSA) is 46.6 Å². The molecule has 1 unspecified atom stereocenters.